The Kier molecular flexibility index (Phi) is 7.04. The summed E-state index contributed by atoms with van der Waals surface area (Å²) in [6.07, 6.45) is 2.05. The highest BCUT2D eigenvalue weighted by atomic mass is 32.2. The van der Waals surface area contributed by atoms with E-state index < -0.39 is 10.0 Å². The Balaban J connectivity index is 1.85. The zero-order valence-corrected chi connectivity index (χ0v) is 17.9. The molecule has 1 aromatic heterocycles. The van der Waals surface area contributed by atoms with Crippen molar-refractivity contribution in [1.82, 2.24) is 19.4 Å². The van der Waals surface area contributed by atoms with Gasteiger partial charge in [-0.2, -0.15) is 5.10 Å². The molecule has 8 nitrogen and oxygen atoms in total. The van der Waals surface area contributed by atoms with Crippen LogP contribution >= 0.6 is 0 Å². The Bertz CT molecular complexity index is 744. The first-order chi connectivity index (χ1) is 12.5. The van der Waals surface area contributed by atoms with Crippen LogP contribution in [0.4, 0.5) is 5.82 Å². The molecule has 0 aromatic carbocycles. The molecule has 2 N–H and O–H groups in total. The topological polar surface area (TPSA) is 96.3 Å². The zero-order chi connectivity index (χ0) is 20.2. The van der Waals surface area contributed by atoms with E-state index in [0.29, 0.717) is 31.9 Å². The number of aromatic nitrogens is 2. The van der Waals surface area contributed by atoms with Gasteiger partial charge in [0.25, 0.3) is 0 Å². The maximum atomic E-state index is 12.5. The van der Waals surface area contributed by atoms with Gasteiger partial charge in [-0.1, -0.05) is 6.92 Å². The number of anilines is 1. The Morgan fingerprint density at radius 3 is 2.48 bits per heavy atom. The standard InChI is InChI=1S/C18H33N5O3S/c1-6-11-27(25,26)21-15-7-9-22(10-8-15)13-17(24)19-16-12-14(2)20-23(16)18(3,4)5/h12,15,21H,6-11,13H2,1-5H3,(H,19,24). The molecule has 0 bridgehead atoms. The third-order valence-electron chi connectivity index (χ3n) is 4.51. The molecule has 1 fully saturated rings. The van der Waals surface area contributed by atoms with Gasteiger partial charge in [-0.05, 0) is 47.0 Å². The van der Waals surface area contributed by atoms with Gasteiger partial charge in [0.05, 0.1) is 23.5 Å². The summed E-state index contributed by atoms with van der Waals surface area (Å²) in [6.45, 7) is 11.6. The average Bonchev–Trinajstić information content (AvgIpc) is 2.89. The van der Waals surface area contributed by atoms with Gasteiger partial charge in [0.2, 0.25) is 15.9 Å². The van der Waals surface area contributed by atoms with Gasteiger partial charge in [-0.25, -0.2) is 17.8 Å². The van der Waals surface area contributed by atoms with Gasteiger partial charge in [0, 0.05) is 25.2 Å². The van der Waals surface area contributed by atoms with Crippen LogP contribution < -0.4 is 10.0 Å². The van der Waals surface area contributed by atoms with Crippen molar-refractivity contribution in [1.29, 1.82) is 0 Å². The number of carbonyl (C=O) groups is 1. The quantitative estimate of drug-likeness (QED) is 0.727. The molecule has 0 saturated carbocycles. The minimum absolute atomic E-state index is 0.0363. The van der Waals surface area contributed by atoms with Crippen LogP contribution in [0.5, 0.6) is 0 Å². The van der Waals surface area contributed by atoms with Gasteiger partial charge >= 0.3 is 0 Å². The van der Waals surface area contributed by atoms with Crippen molar-refractivity contribution in [2.75, 3.05) is 30.7 Å². The third-order valence-corrected chi connectivity index (χ3v) is 6.15. The van der Waals surface area contributed by atoms with Crippen LogP contribution in [0.25, 0.3) is 0 Å². The number of hydrogen-bond donors (Lipinski definition) is 2. The molecule has 1 aliphatic heterocycles. The van der Waals surface area contributed by atoms with Crippen molar-refractivity contribution < 1.29 is 13.2 Å². The molecule has 9 heteroatoms. The predicted molar refractivity (Wildman–Crippen MR) is 107 cm³/mol. The molecule has 0 aliphatic carbocycles. The predicted octanol–water partition coefficient (Wildman–Crippen LogP) is 1.68. The molecule has 1 aromatic rings. The fourth-order valence-corrected chi connectivity index (χ4v) is 4.67. The summed E-state index contributed by atoms with van der Waals surface area (Å²) in [5, 5.41) is 7.42. The highest BCUT2D eigenvalue weighted by Gasteiger charge is 2.25. The van der Waals surface area contributed by atoms with Crippen LogP contribution in [0, 0.1) is 6.92 Å². The molecule has 1 saturated heterocycles. The Hall–Kier alpha value is -1.45. The molecule has 1 amide bonds. The SMILES string of the molecule is CCCS(=O)(=O)NC1CCN(CC(=O)Nc2cc(C)nn2C(C)(C)C)CC1. The number of hydrogen-bond acceptors (Lipinski definition) is 5. The monoisotopic (exact) mass is 399 g/mol. The van der Waals surface area contributed by atoms with E-state index in [2.05, 4.69) is 20.0 Å². The van der Waals surface area contributed by atoms with Crippen LogP contribution in [-0.4, -0.2) is 60.4 Å². The van der Waals surface area contributed by atoms with Gasteiger partial charge in [0.1, 0.15) is 5.82 Å². The number of sulfonamides is 1. The van der Waals surface area contributed by atoms with E-state index in [4.69, 9.17) is 0 Å². The van der Waals surface area contributed by atoms with Crippen LogP contribution in [0.1, 0.15) is 52.7 Å². The highest BCUT2D eigenvalue weighted by Crippen LogP contribution is 2.21. The maximum Gasteiger partial charge on any atom is 0.239 e. The summed E-state index contributed by atoms with van der Waals surface area (Å²) in [6, 6.07) is 1.84. The van der Waals surface area contributed by atoms with Crippen molar-refractivity contribution in [2.24, 2.45) is 0 Å². The lowest BCUT2D eigenvalue weighted by atomic mass is 10.1. The van der Waals surface area contributed by atoms with Crippen LogP contribution in [0.3, 0.4) is 0 Å². The lowest BCUT2D eigenvalue weighted by Gasteiger charge is -2.31. The van der Waals surface area contributed by atoms with Crippen molar-refractivity contribution in [3.05, 3.63) is 11.8 Å². The van der Waals surface area contributed by atoms with E-state index in [0.717, 1.165) is 18.5 Å². The number of aryl methyl sites for hydroxylation is 1. The molecule has 0 unspecified atom stereocenters. The van der Waals surface area contributed by atoms with Gasteiger partial charge in [-0.15, -0.1) is 0 Å². The number of nitrogens with one attached hydrogen (secondary N) is 2. The fourth-order valence-electron chi connectivity index (χ4n) is 3.28. The van der Waals surface area contributed by atoms with E-state index in [1.807, 2.05) is 45.4 Å². The lowest BCUT2D eigenvalue weighted by molar-refractivity contribution is -0.117. The summed E-state index contributed by atoms with van der Waals surface area (Å²) < 4.78 is 28.4. The van der Waals surface area contributed by atoms with Crippen LogP contribution in [0.15, 0.2) is 6.07 Å². The van der Waals surface area contributed by atoms with E-state index in [-0.39, 0.29) is 23.2 Å². The first kappa shape index (κ1) is 21.8. The molecule has 27 heavy (non-hydrogen) atoms. The van der Waals surface area contributed by atoms with Crippen LogP contribution in [0.2, 0.25) is 0 Å². The van der Waals surface area contributed by atoms with Gasteiger partial charge < -0.3 is 5.32 Å². The molecule has 1 aliphatic rings. The van der Waals surface area contributed by atoms with E-state index in [1.165, 1.54) is 0 Å². The van der Waals surface area contributed by atoms with Crippen LogP contribution in [-0.2, 0) is 20.4 Å². The smallest absolute Gasteiger partial charge is 0.239 e. The van der Waals surface area contributed by atoms with E-state index in [1.54, 1.807) is 0 Å². The highest BCUT2D eigenvalue weighted by molar-refractivity contribution is 7.89. The van der Waals surface area contributed by atoms with E-state index >= 15 is 0 Å². The number of rotatable bonds is 7. The molecular weight excluding hydrogens is 366 g/mol. The second kappa shape index (κ2) is 8.70. The lowest BCUT2D eigenvalue weighted by Crippen LogP contribution is -2.47. The summed E-state index contributed by atoms with van der Waals surface area (Å²) in [5.74, 6) is 0.786. The summed E-state index contributed by atoms with van der Waals surface area (Å²) in [4.78, 5) is 14.5. The van der Waals surface area contributed by atoms with Crippen molar-refractivity contribution >= 4 is 21.7 Å². The molecule has 0 radical (unpaired) electrons. The number of likely N-dealkylation sites (tertiary alicyclic amines) is 1. The Morgan fingerprint density at radius 2 is 1.93 bits per heavy atom. The zero-order valence-electron chi connectivity index (χ0n) is 17.1. The number of amides is 1. The normalized spacial score (nSPS) is 17.2. The Morgan fingerprint density at radius 1 is 1.30 bits per heavy atom. The minimum Gasteiger partial charge on any atom is -0.310 e. The number of carbonyl (C=O) groups excluding carboxylic acids is 1. The molecule has 0 atom stereocenters. The molecule has 0 spiro atoms. The Labute approximate surface area is 162 Å². The van der Waals surface area contributed by atoms with E-state index in [9.17, 15) is 13.2 Å². The average molecular weight is 400 g/mol. The first-order valence-electron chi connectivity index (χ1n) is 9.59. The minimum atomic E-state index is -3.19. The first-order valence-corrected chi connectivity index (χ1v) is 11.2. The second-order valence-corrected chi connectivity index (χ2v) is 10.2. The largest absolute Gasteiger partial charge is 0.310 e. The summed E-state index contributed by atoms with van der Waals surface area (Å²) >= 11 is 0. The van der Waals surface area contributed by atoms with Crippen molar-refractivity contribution in [3.8, 4) is 0 Å². The fraction of sp³-hybridized carbons (Fsp3) is 0.778. The third kappa shape index (κ3) is 6.58. The van der Waals surface area contributed by atoms with Crippen molar-refractivity contribution in [2.45, 2.75) is 65.5 Å². The maximum absolute atomic E-state index is 12.5. The van der Waals surface area contributed by atoms with Gasteiger partial charge in [-0.3, -0.25) is 9.69 Å². The number of nitrogens with zero attached hydrogens (tertiary/aromatic N) is 3. The molecule has 154 valence electrons. The number of piperidine rings is 1. The van der Waals surface area contributed by atoms with Crippen molar-refractivity contribution in [3.63, 3.8) is 0 Å². The molecule has 2 heterocycles. The molecule has 2 rings (SSSR count). The molecular formula is C18H33N5O3S. The second-order valence-electron chi connectivity index (χ2n) is 8.29. The summed E-state index contributed by atoms with van der Waals surface area (Å²) in [5.41, 5.74) is 0.644. The summed E-state index contributed by atoms with van der Waals surface area (Å²) in [7, 11) is -3.19. The van der Waals surface area contributed by atoms with Gasteiger partial charge in [0.15, 0.2) is 0 Å².